The molecule has 1 nitrogen and oxygen atoms in total. The lowest BCUT2D eigenvalue weighted by molar-refractivity contribution is 0.237. The molecule has 0 N–H and O–H groups in total. The van der Waals surface area contributed by atoms with Gasteiger partial charge in [-0.05, 0) is 17.7 Å². The smallest absolute Gasteiger partial charge is 0.112 e. The van der Waals surface area contributed by atoms with Crippen molar-refractivity contribution in [2.45, 2.75) is 6.61 Å². The van der Waals surface area contributed by atoms with E-state index in [9.17, 15) is 0 Å². The maximum Gasteiger partial charge on any atom is 0.112 e. The van der Waals surface area contributed by atoms with Crippen LogP contribution in [0.1, 0.15) is 5.56 Å². The van der Waals surface area contributed by atoms with E-state index in [0.29, 0.717) is 6.61 Å². The number of hydrogen-bond donors (Lipinski definition) is 0. The van der Waals surface area contributed by atoms with Gasteiger partial charge in [0.1, 0.15) is 6.61 Å². The van der Waals surface area contributed by atoms with E-state index in [4.69, 9.17) is 16.3 Å². The molecule has 0 atom stereocenters. The molecule has 58 valence electrons. The highest BCUT2D eigenvalue weighted by atomic mass is 35.5. The molecule has 0 bridgehead atoms. The maximum atomic E-state index is 5.74. The standard InChI is InChI=1S/C9H9ClO/c1-2-11-7-8-4-3-5-9(10)6-8/h2-6H,1,7H2. The third-order valence-electron chi connectivity index (χ3n) is 1.26. The lowest BCUT2D eigenvalue weighted by Crippen LogP contribution is -1.84. The van der Waals surface area contributed by atoms with E-state index >= 15 is 0 Å². The van der Waals surface area contributed by atoms with Crippen LogP contribution in [0.2, 0.25) is 5.02 Å². The van der Waals surface area contributed by atoms with Crippen molar-refractivity contribution in [3.05, 3.63) is 47.7 Å². The number of ether oxygens (including phenoxy) is 1. The molecule has 0 saturated heterocycles. The van der Waals surface area contributed by atoms with Crippen molar-refractivity contribution in [3.8, 4) is 0 Å². The van der Waals surface area contributed by atoms with Crippen molar-refractivity contribution in [1.82, 2.24) is 0 Å². The van der Waals surface area contributed by atoms with Crippen molar-refractivity contribution >= 4 is 11.6 Å². The molecule has 0 saturated carbocycles. The highest BCUT2D eigenvalue weighted by molar-refractivity contribution is 6.30. The summed E-state index contributed by atoms with van der Waals surface area (Å²) >= 11 is 5.74. The zero-order chi connectivity index (χ0) is 8.10. The van der Waals surface area contributed by atoms with Crippen LogP contribution in [0.25, 0.3) is 0 Å². The van der Waals surface area contributed by atoms with Crippen LogP contribution < -0.4 is 0 Å². The van der Waals surface area contributed by atoms with Gasteiger partial charge in [-0.15, -0.1) is 0 Å². The molecule has 0 amide bonds. The minimum atomic E-state index is 0.532. The van der Waals surface area contributed by atoms with Gasteiger partial charge < -0.3 is 4.74 Å². The quantitative estimate of drug-likeness (QED) is 0.631. The lowest BCUT2D eigenvalue weighted by atomic mass is 10.2. The fourth-order valence-corrected chi connectivity index (χ4v) is 0.995. The van der Waals surface area contributed by atoms with Crippen LogP contribution in [0.15, 0.2) is 37.1 Å². The molecule has 0 spiro atoms. The van der Waals surface area contributed by atoms with Crippen LogP contribution in [-0.2, 0) is 11.3 Å². The van der Waals surface area contributed by atoms with E-state index in [2.05, 4.69) is 6.58 Å². The first-order valence-electron chi connectivity index (χ1n) is 3.30. The van der Waals surface area contributed by atoms with Crippen LogP contribution in [0.4, 0.5) is 0 Å². The molecule has 0 radical (unpaired) electrons. The van der Waals surface area contributed by atoms with E-state index in [0.717, 1.165) is 10.6 Å². The Hall–Kier alpha value is -0.950. The largest absolute Gasteiger partial charge is 0.497 e. The topological polar surface area (TPSA) is 9.23 Å². The van der Waals surface area contributed by atoms with Crippen molar-refractivity contribution in [3.63, 3.8) is 0 Å². The number of benzene rings is 1. The van der Waals surface area contributed by atoms with Crippen LogP contribution in [0.5, 0.6) is 0 Å². The normalized spacial score (nSPS) is 9.18. The summed E-state index contributed by atoms with van der Waals surface area (Å²) in [5.41, 5.74) is 1.05. The van der Waals surface area contributed by atoms with Crippen LogP contribution in [0, 0.1) is 0 Å². The molecule has 0 fully saturated rings. The van der Waals surface area contributed by atoms with Crippen molar-refractivity contribution < 1.29 is 4.74 Å². The van der Waals surface area contributed by atoms with Gasteiger partial charge in [0.15, 0.2) is 0 Å². The Bertz CT molecular complexity index is 245. The SMILES string of the molecule is C=COCc1cccc(Cl)c1. The summed E-state index contributed by atoms with van der Waals surface area (Å²) in [4.78, 5) is 0. The molecule has 0 aliphatic carbocycles. The third-order valence-corrected chi connectivity index (χ3v) is 1.49. The second-order valence-electron chi connectivity index (χ2n) is 2.11. The van der Waals surface area contributed by atoms with Gasteiger partial charge in [-0.25, -0.2) is 0 Å². The fraction of sp³-hybridized carbons (Fsp3) is 0.111. The van der Waals surface area contributed by atoms with E-state index in [1.165, 1.54) is 6.26 Å². The van der Waals surface area contributed by atoms with E-state index < -0.39 is 0 Å². The summed E-state index contributed by atoms with van der Waals surface area (Å²) in [7, 11) is 0. The molecule has 0 aromatic heterocycles. The molecule has 11 heavy (non-hydrogen) atoms. The highest BCUT2D eigenvalue weighted by Gasteiger charge is 1.91. The Morgan fingerprint density at radius 2 is 2.36 bits per heavy atom. The first-order chi connectivity index (χ1) is 5.33. The predicted octanol–water partition coefficient (Wildman–Crippen LogP) is 3.00. The summed E-state index contributed by atoms with van der Waals surface area (Å²) < 4.78 is 4.98. The molecule has 1 aromatic carbocycles. The van der Waals surface area contributed by atoms with Crippen LogP contribution in [0.3, 0.4) is 0 Å². The molecule has 0 heterocycles. The van der Waals surface area contributed by atoms with E-state index in [-0.39, 0.29) is 0 Å². The summed E-state index contributed by atoms with van der Waals surface area (Å²) in [6, 6.07) is 7.55. The second kappa shape index (κ2) is 4.04. The molecule has 0 aliphatic heterocycles. The van der Waals surface area contributed by atoms with Crippen molar-refractivity contribution in [2.24, 2.45) is 0 Å². The monoisotopic (exact) mass is 168 g/mol. The Kier molecular flexibility index (Phi) is 2.99. The average molecular weight is 169 g/mol. The van der Waals surface area contributed by atoms with Gasteiger partial charge in [0.2, 0.25) is 0 Å². The fourth-order valence-electron chi connectivity index (χ4n) is 0.782. The minimum Gasteiger partial charge on any atom is -0.497 e. The Morgan fingerprint density at radius 3 is 3.00 bits per heavy atom. The van der Waals surface area contributed by atoms with Gasteiger partial charge >= 0.3 is 0 Å². The van der Waals surface area contributed by atoms with Gasteiger partial charge in [0.25, 0.3) is 0 Å². The average Bonchev–Trinajstić information content (AvgIpc) is 2.01. The minimum absolute atomic E-state index is 0.532. The molecule has 1 rings (SSSR count). The second-order valence-corrected chi connectivity index (χ2v) is 2.54. The van der Waals surface area contributed by atoms with Gasteiger partial charge in [-0.3, -0.25) is 0 Å². The number of rotatable bonds is 3. The Balaban J connectivity index is 2.63. The highest BCUT2D eigenvalue weighted by Crippen LogP contribution is 2.11. The maximum absolute atomic E-state index is 5.74. The van der Waals surface area contributed by atoms with Crippen LogP contribution in [-0.4, -0.2) is 0 Å². The third kappa shape index (κ3) is 2.64. The Morgan fingerprint density at radius 1 is 1.55 bits per heavy atom. The van der Waals surface area contributed by atoms with Gasteiger partial charge in [0.05, 0.1) is 6.26 Å². The van der Waals surface area contributed by atoms with Gasteiger partial charge in [-0.2, -0.15) is 0 Å². The molecular weight excluding hydrogens is 160 g/mol. The zero-order valence-corrected chi connectivity index (χ0v) is 6.84. The molecule has 0 unspecified atom stereocenters. The first kappa shape index (κ1) is 8.15. The van der Waals surface area contributed by atoms with Gasteiger partial charge in [-0.1, -0.05) is 30.3 Å². The lowest BCUT2D eigenvalue weighted by Gasteiger charge is -1.99. The molecule has 2 heteroatoms. The van der Waals surface area contributed by atoms with Crippen molar-refractivity contribution in [2.75, 3.05) is 0 Å². The number of halogens is 1. The summed E-state index contributed by atoms with van der Waals surface area (Å²) in [5.74, 6) is 0. The van der Waals surface area contributed by atoms with Gasteiger partial charge in [0, 0.05) is 5.02 Å². The van der Waals surface area contributed by atoms with E-state index in [1.807, 2.05) is 24.3 Å². The Labute approximate surface area is 71.3 Å². The zero-order valence-electron chi connectivity index (χ0n) is 6.09. The summed E-state index contributed by atoms with van der Waals surface area (Å²) in [5, 5.41) is 0.732. The molecule has 0 aliphatic rings. The summed E-state index contributed by atoms with van der Waals surface area (Å²) in [6.45, 7) is 3.97. The van der Waals surface area contributed by atoms with E-state index in [1.54, 1.807) is 0 Å². The predicted molar refractivity (Wildman–Crippen MR) is 46.4 cm³/mol. The number of hydrogen-bond acceptors (Lipinski definition) is 1. The first-order valence-corrected chi connectivity index (χ1v) is 3.67. The van der Waals surface area contributed by atoms with Crippen LogP contribution >= 0.6 is 11.6 Å². The molecular formula is C9H9ClO. The molecule has 1 aromatic rings. The van der Waals surface area contributed by atoms with Crippen molar-refractivity contribution in [1.29, 1.82) is 0 Å². The summed E-state index contributed by atoms with van der Waals surface area (Å²) in [6.07, 6.45) is 1.42.